The summed E-state index contributed by atoms with van der Waals surface area (Å²) in [7, 11) is -4.23. The van der Waals surface area contributed by atoms with Crippen molar-refractivity contribution < 1.29 is 61.3 Å². The van der Waals surface area contributed by atoms with Crippen molar-refractivity contribution in [2.24, 2.45) is 28.5 Å². The molecule has 1 fully saturated rings. The number of ether oxygens (including phenoxy) is 3. The molecule has 3 unspecified atom stereocenters. The molecule has 0 radical (unpaired) electrons. The summed E-state index contributed by atoms with van der Waals surface area (Å²) in [5.74, 6) is -5.51. The lowest BCUT2D eigenvalue weighted by Gasteiger charge is -2.25. The van der Waals surface area contributed by atoms with Crippen LogP contribution in [0.3, 0.4) is 0 Å². The Kier molecular flexibility index (Phi) is 18.4. The lowest BCUT2D eigenvalue weighted by atomic mass is 9.93. The fraction of sp³-hybridized carbons (Fsp3) is 0.660. The number of benzene rings is 1. The molecule has 22 heteroatoms. The molecule has 1 aliphatic heterocycles. The number of guanidine groups is 1. The van der Waals surface area contributed by atoms with Gasteiger partial charge in [0.1, 0.15) is 29.0 Å². The molecule has 0 saturated heterocycles. The number of sulfonamides is 1. The van der Waals surface area contributed by atoms with Gasteiger partial charge in [0.2, 0.25) is 35.5 Å². The maximum Gasteiger partial charge on any atom is 0.328 e. The van der Waals surface area contributed by atoms with E-state index >= 15 is 0 Å². The van der Waals surface area contributed by atoms with Gasteiger partial charge in [0.05, 0.1) is 30.2 Å². The first-order valence-corrected chi connectivity index (χ1v) is 24.7. The van der Waals surface area contributed by atoms with E-state index in [2.05, 4.69) is 42.4 Å². The van der Waals surface area contributed by atoms with Crippen LogP contribution in [0.5, 0.6) is 5.75 Å². The lowest BCUT2D eigenvalue weighted by Crippen LogP contribution is -2.55. The predicted octanol–water partition coefficient (Wildman–Crippen LogP) is 1.62. The monoisotopic (exact) mass is 988 g/mol. The summed E-state index contributed by atoms with van der Waals surface area (Å²) in [5.41, 5.74) is 6.69. The lowest BCUT2D eigenvalue weighted by molar-refractivity contribution is -0.155. The number of carbonyl (C=O) groups excluding carboxylic acids is 6. The van der Waals surface area contributed by atoms with Gasteiger partial charge in [0.25, 0.3) is 10.0 Å². The van der Waals surface area contributed by atoms with Gasteiger partial charge in [0.15, 0.2) is 6.04 Å². The van der Waals surface area contributed by atoms with Gasteiger partial charge >= 0.3 is 11.9 Å². The third kappa shape index (κ3) is 16.4. The second-order valence-electron chi connectivity index (χ2n) is 20.6. The Morgan fingerprint density at radius 1 is 0.841 bits per heavy atom. The van der Waals surface area contributed by atoms with Crippen LogP contribution >= 0.6 is 0 Å². The molecule has 4 rings (SSSR count). The summed E-state index contributed by atoms with van der Waals surface area (Å²) in [4.78, 5) is 95.3. The Morgan fingerprint density at radius 3 is 2.03 bits per heavy atom. The molecule has 1 saturated carbocycles. The van der Waals surface area contributed by atoms with E-state index in [1.807, 2.05) is 26.8 Å². The van der Waals surface area contributed by atoms with Gasteiger partial charge in [-0.1, -0.05) is 12.2 Å². The zero-order valence-corrected chi connectivity index (χ0v) is 42.5. The summed E-state index contributed by atoms with van der Waals surface area (Å²) in [6.45, 7) is 17.5. The second kappa shape index (κ2) is 22.8. The Bertz CT molecular complexity index is 2320. The number of aliphatic carboxylic acids is 1. The van der Waals surface area contributed by atoms with Crippen molar-refractivity contribution in [3.8, 4) is 5.75 Å². The van der Waals surface area contributed by atoms with Crippen LogP contribution in [0.15, 0.2) is 22.0 Å². The Hall–Kier alpha value is -5.77. The van der Waals surface area contributed by atoms with E-state index in [4.69, 9.17) is 19.9 Å². The highest BCUT2D eigenvalue weighted by Gasteiger charge is 2.40. The van der Waals surface area contributed by atoms with Crippen molar-refractivity contribution in [3.63, 3.8) is 0 Å². The number of esters is 1. The fourth-order valence-electron chi connectivity index (χ4n) is 8.52. The van der Waals surface area contributed by atoms with Crippen LogP contribution in [0.1, 0.15) is 116 Å². The number of nitrogens with two attached hydrogens (primary N) is 1. The minimum absolute atomic E-state index is 0.0206. The molecule has 9 N–H and O–H groups in total. The molecular formula is C47H72N8O13S. The third-order valence-electron chi connectivity index (χ3n) is 11.9. The van der Waals surface area contributed by atoms with Crippen LogP contribution in [0.2, 0.25) is 0 Å². The molecular weight excluding hydrogens is 917 g/mol. The van der Waals surface area contributed by atoms with Crippen molar-refractivity contribution in [2.75, 3.05) is 26.2 Å². The number of carboxylic acid groups (broad SMARTS) is 1. The van der Waals surface area contributed by atoms with Gasteiger partial charge in [-0.15, -0.1) is 0 Å². The van der Waals surface area contributed by atoms with E-state index in [-0.39, 0.29) is 54.9 Å². The molecule has 2 aliphatic carbocycles. The van der Waals surface area contributed by atoms with Crippen LogP contribution in [0.4, 0.5) is 0 Å². The van der Waals surface area contributed by atoms with Crippen LogP contribution in [-0.2, 0) is 59.5 Å². The van der Waals surface area contributed by atoms with Crippen LogP contribution in [0.25, 0.3) is 0 Å². The molecule has 384 valence electrons. The summed E-state index contributed by atoms with van der Waals surface area (Å²) in [6.07, 6.45) is 5.62. The minimum Gasteiger partial charge on any atom is -0.487 e. The number of nitrogens with one attached hydrogen (secondary N) is 6. The highest BCUT2D eigenvalue weighted by Crippen LogP contribution is 2.44. The predicted molar refractivity (Wildman–Crippen MR) is 254 cm³/mol. The summed E-state index contributed by atoms with van der Waals surface area (Å²) < 4.78 is 46.7. The summed E-state index contributed by atoms with van der Waals surface area (Å²) >= 11 is 0. The standard InChI is InChI=1S/C47H72N8O13S/c1-25-26(2)39(27(3)38-31(25)21-47(10,11)68-38)69(64,65)55-44(48)49-18-12-13-32(52-35(56)22-50-40(59)30-20-28-14-15-29(30)19-28)41(60)51-23-36(57)53-33(16-17-37(58)67-46(7,8)9)42(61)54-34(43(62)63)24-66-45(4,5)6/h14-15,28-30,32-34H,12-13,16-24H2,1-11H3,(H,50,59)(H,51,60)(H,52,56)(H,53,57)(H,54,61)(H,62,63)(H3,48,49,55)/t28?,29?,30?,32-,33-,34-/m0/s1. The van der Waals surface area contributed by atoms with E-state index in [0.29, 0.717) is 35.6 Å². The molecule has 21 nitrogen and oxygen atoms in total. The topological polar surface area (TPSA) is 312 Å². The molecule has 0 spiro atoms. The average molecular weight is 989 g/mol. The average Bonchev–Trinajstić information content (AvgIpc) is 3.95. The zero-order chi connectivity index (χ0) is 51.8. The fourth-order valence-corrected chi connectivity index (χ4v) is 10.0. The van der Waals surface area contributed by atoms with Crippen LogP contribution in [0, 0.1) is 38.5 Å². The molecule has 5 amide bonds. The van der Waals surface area contributed by atoms with E-state index in [1.165, 1.54) is 0 Å². The van der Waals surface area contributed by atoms with Crippen molar-refractivity contribution >= 4 is 57.5 Å². The molecule has 1 aromatic rings. The van der Waals surface area contributed by atoms with Crippen LogP contribution in [-0.4, -0.2) is 122 Å². The first kappa shape index (κ1) is 55.8. The third-order valence-corrected chi connectivity index (χ3v) is 13.5. The number of allylic oxidation sites excluding steroid dienone is 2. The molecule has 3 aliphatic rings. The summed E-state index contributed by atoms with van der Waals surface area (Å²) in [6, 6.07) is -4.26. The maximum atomic E-state index is 13.7. The van der Waals surface area contributed by atoms with Gasteiger partial charge in [0, 0.05) is 36.4 Å². The zero-order valence-electron chi connectivity index (χ0n) is 41.7. The number of carboxylic acids is 1. The number of hydrogen-bond acceptors (Lipinski definition) is 13. The maximum absolute atomic E-state index is 13.7. The highest BCUT2D eigenvalue weighted by atomic mass is 32.2. The van der Waals surface area contributed by atoms with E-state index in [1.54, 1.807) is 55.4 Å². The van der Waals surface area contributed by atoms with Gasteiger partial charge < -0.3 is 51.6 Å². The van der Waals surface area contributed by atoms with Crippen molar-refractivity contribution in [1.82, 2.24) is 31.3 Å². The molecule has 1 heterocycles. The Morgan fingerprint density at radius 2 is 1.46 bits per heavy atom. The van der Waals surface area contributed by atoms with Crippen molar-refractivity contribution in [1.29, 1.82) is 0 Å². The molecule has 0 aromatic heterocycles. The molecule has 6 atom stereocenters. The van der Waals surface area contributed by atoms with E-state index in [0.717, 1.165) is 17.5 Å². The Labute approximate surface area is 404 Å². The number of fused-ring (bicyclic) bond motifs is 3. The number of rotatable bonds is 22. The molecule has 2 bridgehead atoms. The van der Waals surface area contributed by atoms with Crippen molar-refractivity contribution in [2.45, 2.75) is 161 Å². The molecule has 69 heavy (non-hydrogen) atoms. The number of nitrogens with zero attached hydrogens (tertiary/aromatic N) is 1. The largest absolute Gasteiger partial charge is 0.487 e. The van der Waals surface area contributed by atoms with Gasteiger partial charge in [-0.3, -0.25) is 33.8 Å². The first-order chi connectivity index (χ1) is 31.9. The number of aliphatic imine (C=N–C) groups is 1. The smallest absolute Gasteiger partial charge is 0.328 e. The van der Waals surface area contributed by atoms with Crippen molar-refractivity contribution in [3.05, 3.63) is 34.4 Å². The number of hydrogen-bond donors (Lipinski definition) is 8. The second-order valence-corrected chi connectivity index (χ2v) is 22.2. The van der Waals surface area contributed by atoms with E-state index in [9.17, 15) is 47.1 Å². The first-order valence-electron chi connectivity index (χ1n) is 23.2. The SMILES string of the molecule is Cc1c(C)c(S(=O)(=O)NC(N)=NCCC[C@H](NC(=O)CNC(=O)C2CC3C=CC2C3)C(=O)NCC(=O)N[C@@H](CCC(=O)OC(C)(C)C)C(=O)N[C@@H](COC(C)(C)C)C(=O)O)c(C)c2c1CC(C)(C)O2. The van der Waals surface area contributed by atoms with E-state index < -0.39 is 106 Å². The van der Waals surface area contributed by atoms with Crippen LogP contribution < -0.4 is 41.8 Å². The summed E-state index contributed by atoms with van der Waals surface area (Å²) in [5, 5.41) is 22.2. The molecule has 1 aromatic carbocycles. The van der Waals surface area contributed by atoms with Gasteiger partial charge in [-0.2, -0.15) is 0 Å². The highest BCUT2D eigenvalue weighted by molar-refractivity contribution is 7.90. The Balaban J connectivity index is 1.44. The number of carbonyl (C=O) groups is 7. The minimum atomic E-state index is -4.23. The van der Waals surface area contributed by atoms with Gasteiger partial charge in [-0.25, -0.2) is 17.9 Å². The quantitative estimate of drug-likeness (QED) is 0.0269. The van der Waals surface area contributed by atoms with Gasteiger partial charge in [-0.05, 0) is 131 Å². The number of amides is 5. The normalized spacial score (nSPS) is 19.6.